The van der Waals surface area contributed by atoms with Crippen molar-refractivity contribution in [3.63, 3.8) is 0 Å². The Morgan fingerprint density at radius 3 is 2.03 bits per heavy atom. The van der Waals surface area contributed by atoms with E-state index in [9.17, 15) is 48.0 Å². The van der Waals surface area contributed by atoms with E-state index in [-0.39, 0.29) is 7.43 Å². The van der Waals surface area contributed by atoms with Crippen molar-refractivity contribution in [1.29, 1.82) is 0 Å². The minimum atomic E-state index is -4.91. The molecule has 0 saturated carbocycles. The van der Waals surface area contributed by atoms with Gasteiger partial charge in [-0.25, -0.2) is 21.8 Å². The van der Waals surface area contributed by atoms with Gasteiger partial charge in [-0.2, -0.15) is 26.3 Å². The maximum absolute atomic E-state index is 13.3. The minimum absolute atomic E-state index is 0. The number of anilines is 1. The third kappa shape index (κ3) is 5.76. The van der Waals surface area contributed by atoms with Gasteiger partial charge in [-0.05, 0) is 38.1 Å². The number of sulfone groups is 2. The van der Waals surface area contributed by atoms with Gasteiger partial charge >= 0.3 is 12.4 Å². The second-order valence-electron chi connectivity index (χ2n) is 8.85. The summed E-state index contributed by atoms with van der Waals surface area (Å²) >= 11 is 0. The fourth-order valence-electron chi connectivity index (χ4n) is 3.81. The van der Waals surface area contributed by atoms with E-state index in [2.05, 4.69) is 4.98 Å². The molecule has 2 aromatic rings. The number of alkyl halides is 6. The first-order valence-corrected chi connectivity index (χ1v) is 13.5. The van der Waals surface area contributed by atoms with Gasteiger partial charge in [-0.1, -0.05) is 13.5 Å². The van der Waals surface area contributed by atoms with Gasteiger partial charge < -0.3 is 0 Å². The van der Waals surface area contributed by atoms with E-state index >= 15 is 0 Å². The van der Waals surface area contributed by atoms with E-state index in [1.165, 1.54) is 13.8 Å². The summed E-state index contributed by atoms with van der Waals surface area (Å²) in [5, 5.41) is 0. The van der Waals surface area contributed by atoms with Crippen LogP contribution < -0.4 is 4.90 Å². The lowest BCUT2D eigenvalue weighted by Crippen LogP contribution is -2.41. The molecular weight excluding hydrogens is 550 g/mol. The summed E-state index contributed by atoms with van der Waals surface area (Å²) in [4.78, 5) is 15.6. The van der Waals surface area contributed by atoms with Crippen molar-refractivity contribution in [2.45, 2.75) is 54.6 Å². The van der Waals surface area contributed by atoms with Crippen LogP contribution in [0, 0.1) is 5.92 Å². The SMILES string of the molecule is C.CC(C)(C1CC(=O)N(c2ncc(C(F)(F)F)cc2S(C)(=O)=O)C1)S(=O)(=O)c1cccc(C(F)(F)F)c1. The van der Waals surface area contributed by atoms with Crippen LogP contribution in [0.3, 0.4) is 0 Å². The molecule has 0 radical (unpaired) electrons. The third-order valence-electron chi connectivity index (χ3n) is 6.09. The van der Waals surface area contributed by atoms with Crippen molar-refractivity contribution in [3.05, 3.63) is 47.7 Å². The molecule has 37 heavy (non-hydrogen) atoms. The van der Waals surface area contributed by atoms with Gasteiger partial charge in [0, 0.05) is 31.3 Å². The molecular formula is C22H24F6N2O5S2. The first-order valence-electron chi connectivity index (χ1n) is 10.2. The molecule has 7 nitrogen and oxygen atoms in total. The van der Waals surface area contributed by atoms with Crippen LogP contribution in [0.1, 0.15) is 38.8 Å². The molecule has 1 saturated heterocycles. The lowest BCUT2D eigenvalue weighted by molar-refractivity contribution is -0.138. The van der Waals surface area contributed by atoms with Crippen molar-refractivity contribution in [2.75, 3.05) is 17.7 Å². The maximum Gasteiger partial charge on any atom is 0.417 e. The molecule has 1 unspecified atom stereocenters. The number of benzene rings is 1. The summed E-state index contributed by atoms with van der Waals surface area (Å²) in [6.07, 6.45) is -9.18. The van der Waals surface area contributed by atoms with E-state index in [0.29, 0.717) is 30.7 Å². The zero-order valence-electron chi connectivity index (χ0n) is 19.0. The third-order valence-corrected chi connectivity index (χ3v) is 9.78. The first kappa shape index (κ1) is 30.5. The monoisotopic (exact) mass is 574 g/mol. The minimum Gasteiger partial charge on any atom is -0.295 e. The molecule has 1 aromatic heterocycles. The summed E-state index contributed by atoms with van der Waals surface area (Å²) in [5.41, 5.74) is -2.54. The Balaban J connectivity index is 0.00000481. The van der Waals surface area contributed by atoms with E-state index in [4.69, 9.17) is 0 Å². The smallest absolute Gasteiger partial charge is 0.295 e. The summed E-state index contributed by atoms with van der Waals surface area (Å²) in [5.74, 6) is -2.45. The van der Waals surface area contributed by atoms with Crippen molar-refractivity contribution >= 4 is 31.4 Å². The summed E-state index contributed by atoms with van der Waals surface area (Å²) < 4.78 is 128. The average Bonchev–Trinajstić information content (AvgIpc) is 3.13. The van der Waals surface area contributed by atoms with Crippen molar-refractivity contribution in [1.82, 2.24) is 4.98 Å². The Morgan fingerprint density at radius 1 is 0.946 bits per heavy atom. The summed E-state index contributed by atoms with van der Waals surface area (Å²) in [6.45, 7) is 1.98. The molecule has 1 aliphatic rings. The number of aromatic nitrogens is 1. The highest BCUT2D eigenvalue weighted by Gasteiger charge is 2.49. The molecule has 3 rings (SSSR count). The predicted octanol–water partition coefficient (Wildman–Crippen LogP) is 4.76. The molecule has 15 heteroatoms. The number of rotatable bonds is 5. The summed E-state index contributed by atoms with van der Waals surface area (Å²) in [6, 6.07) is 3.44. The summed E-state index contributed by atoms with van der Waals surface area (Å²) in [7, 11) is -8.77. The normalized spacial score (nSPS) is 17.6. The van der Waals surface area contributed by atoms with Crippen molar-refractivity contribution < 1.29 is 48.0 Å². The van der Waals surface area contributed by atoms with Gasteiger partial charge in [0.15, 0.2) is 25.5 Å². The molecule has 1 aliphatic heterocycles. The van der Waals surface area contributed by atoms with E-state index in [1.54, 1.807) is 0 Å². The van der Waals surface area contributed by atoms with Gasteiger partial charge in [0.2, 0.25) is 5.91 Å². The van der Waals surface area contributed by atoms with Crippen LogP contribution in [0.15, 0.2) is 46.3 Å². The van der Waals surface area contributed by atoms with E-state index < -0.39 is 88.3 Å². The fourth-order valence-corrected chi connectivity index (χ4v) is 6.39. The van der Waals surface area contributed by atoms with Gasteiger partial charge in [-0.3, -0.25) is 9.69 Å². The molecule has 2 heterocycles. The number of carbonyl (C=O) groups is 1. The van der Waals surface area contributed by atoms with Crippen LogP contribution in [-0.2, 0) is 36.8 Å². The molecule has 0 N–H and O–H groups in total. The largest absolute Gasteiger partial charge is 0.417 e. The van der Waals surface area contributed by atoms with E-state index in [1.807, 2.05) is 0 Å². The van der Waals surface area contributed by atoms with Gasteiger partial charge in [0.1, 0.15) is 4.90 Å². The molecule has 0 spiro atoms. The molecule has 1 aromatic carbocycles. The fraction of sp³-hybridized carbons (Fsp3) is 0.455. The zero-order chi connectivity index (χ0) is 27.5. The molecule has 1 amide bonds. The number of carbonyl (C=O) groups excluding carboxylic acids is 1. The van der Waals surface area contributed by atoms with Crippen molar-refractivity contribution in [3.8, 4) is 0 Å². The van der Waals surface area contributed by atoms with Crippen LogP contribution >= 0.6 is 0 Å². The lowest BCUT2D eigenvalue weighted by atomic mass is 9.94. The molecule has 1 atom stereocenters. The van der Waals surface area contributed by atoms with E-state index in [0.717, 1.165) is 17.0 Å². The highest BCUT2D eigenvalue weighted by atomic mass is 32.2. The Kier molecular flexibility index (Phi) is 7.90. The standard InChI is InChI=1S/C21H20F6N2O5S2.CH4/c1-19(2,36(33,34)15-6-4-5-12(7-15)20(22,23)24)14-9-17(30)29(11-14)18-16(35(3,31)32)8-13(10-28-18)21(25,26)27;/h4-8,10,14H,9,11H2,1-3H3;1H4. The Hall–Kier alpha value is -2.68. The maximum atomic E-state index is 13.3. The second kappa shape index (κ2) is 9.57. The number of pyridine rings is 1. The number of hydrogen-bond donors (Lipinski definition) is 0. The molecule has 1 fully saturated rings. The van der Waals surface area contributed by atoms with Crippen LogP contribution in [0.2, 0.25) is 0 Å². The number of nitrogens with zero attached hydrogens (tertiary/aromatic N) is 2. The van der Waals surface area contributed by atoms with Gasteiger partial charge in [-0.15, -0.1) is 0 Å². The Morgan fingerprint density at radius 2 is 1.51 bits per heavy atom. The second-order valence-corrected chi connectivity index (χ2v) is 13.4. The topological polar surface area (TPSA) is 101 Å². The number of halogens is 6. The van der Waals surface area contributed by atoms with Crippen LogP contribution in [0.25, 0.3) is 0 Å². The van der Waals surface area contributed by atoms with Gasteiger partial charge in [0.25, 0.3) is 0 Å². The quantitative estimate of drug-likeness (QED) is 0.477. The molecule has 206 valence electrons. The van der Waals surface area contributed by atoms with Crippen LogP contribution in [0.5, 0.6) is 0 Å². The van der Waals surface area contributed by atoms with Crippen LogP contribution in [-0.4, -0.2) is 45.3 Å². The lowest BCUT2D eigenvalue weighted by Gasteiger charge is -2.31. The Bertz CT molecular complexity index is 1420. The predicted molar refractivity (Wildman–Crippen MR) is 122 cm³/mol. The van der Waals surface area contributed by atoms with Crippen LogP contribution in [0.4, 0.5) is 32.2 Å². The number of hydrogen-bond acceptors (Lipinski definition) is 6. The highest BCUT2D eigenvalue weighted by molar-refractivity contribution is 7.92. The van der Waals surface area contributed by atoms with Gasteiger partial charge in [0.05, 0.1) is 20.8 Å². The number of amides is 1. The highest BCUT2D eigenvalue weighted by Crippen LogP contribution is 2.42. The zero-order valence-corrected chi connectivity index (χ0v) is 20.6. The van der Waals surface area contributed by atoms with Crippen molar-refractivity contribution in [2.24, 2.45) is 5.92 Å². The average molecular weight is 575 g/mol. The molecule has 0 bridgehead atoms. The Labute approximate surface area is 210 Å². The first-order chi connectivity index (χ1) is 16.2. The molecule has 0 aliphatic carbocycles.